The number of phenolic OH excluding ortho intramolecular Hbond substituents is 2. The Morgan fingerprint density at radius 2 is 1.61 bits per heavy atom. The van der Waals surface area contributed by atoms with Gasteiger partial charge in [0, 0.05) is 12.1 Å². The smallest absolute Gasteiger partial charge is 0.303 e. The fraction of sp³-hybridized carbons (Fsp3) is 0.286. The number of nitrogens with one attached hydrogen (secondary N) is 1. The molecule has 1 fully saturated rings. The van der Waals surface area contributed by atoms with Crippen molar-refractivity contribution in [2.45, 2.75) is 38.0 Å². The maximum Gasteiger partial charge on any atom is 0.303 e. The van der Waals surface area contributed by atoms with E-state index in [1.807, 2.05) is 31.2 Å². The Morgan fingerprint density at radius 3 is 2.22 bits per heavy atom. The number of aromatic hydroxyl groups is 2. The predicted molar refractivity (Wildman–Crippen MR) is 135 cm³/mol. The first-order valence-electron chi connectivity index (χ1n) is 11.6. The van der Waals surface area contributed by atoms with E-state index in [2.05, 4.69) is 5.32 Å². The highest BCUT2D eigenvalue weighted by atomic mass is 16.5. The Hall–Kier alpha value is -4.20. The monoisotopic (exact) mass is 491 g/mol. The zero-order valence-corrected chi connectivity index (χ0v) is 20.4. The largest absolute Gasteiger partial charge is 0.504 e. The fourth-order valence-corrected chi connectivity index (χ4v) is 4.45. The molecular weight excluding hydrogens is 462 g/mol. The lowest BCUT2D eigenvalue weighted by molar-refractivity contribution is -0.137. The van der Waals surface area contributed by atoms with E-state index in [1.54, 1.807) is 12.1 Å². The summed E-state index contributed by atoms with van der Waals surface area (Å²) >= 11 is 0. The van der Waals surface area contributed by atoms with Crippen molar-refractivity contribution in [2.75, 3.05) is 19.5 Å². The van der Waals surface area contributed by atoms with Crippen LogP contribution in [0.4, 0.5) is 5.69 Å². The lowest BCUT2D eigenvalue weighted by Gasteiger charge is -2.19. The Morgan fingerprint density at radius 1 is 0.917 bits per heavy atom. The summed E-state index contributed by atoms with van der Waals surface area (Å²) in [6, 6.07) is 13.7. The van der Waals surface area contributed by atoms with Crippen molar-refractivity contribution in [2.24, 2.45) is 0 Å². The lowest BCUT2D eigenvalue weighted by atomic mass is 9.92. The third-order valence-electron chi connectivity index (χ3n) is 6.72. The van der Waals surface area contributed by atoms with Crippen molar-refractivity contribution >= 4 is 17.6 Å². The predicted octanol–water partition coefficient (Wildman–Crippen LogP) is 4.78. The van der Waals surface area contributed by atoms with Crippen LogP contribution in [0.25, 0.3) is 11.1 Å². The first-order chi connectivity index (χ1) is 17.2. The van der Waals surface area contributed by atoms with Crippen molar-refractivity contribution in [1.82, 2.24) is 0 Å². The van der Waals surface area contributed by atoms with Gasteiger partial charge in [-0.05, 0) is 90.4 Å². The average Bonchev–Trinajstić information content (AvgIpc) is 3.67. The molecule has 1 saturated carbocycles. The molecule has 1 aliphatic rings. The molecule has 3 aromatic carbocycles. The van der Waals surface area contributed by atoms with E-state index in [0.717, 1.165) is 22.3 Å². The minimum Gasteiger partial charge on any atom is -0.504 e. The maximum absolute atomic E-state index is 13.3. The minimum absolute atomic E-state index is 0.0417. The lowest BCUT2D eigenvalue weighted by Crippen LogP contribution is -2.27. The Bertz CT molecular complexity index is 1330. The van der Waals surface area contributed by atoms with Gasteiger partial charge in [0.25, 0.3) is 0 Å². The molecule has 0 heterocycles. The first-order valence-corrected chi connectivity index (χ1v) is 11.6. The molecule has 3 aromatic rings. The van der Waals surface area contributed by atoms with E-state index >= 15 is 0 Å². The number of hydrogen-bond acceptors (Lipinski definition) is 6. The van der Waals surface area contributed by atoms with Gasteiger partial charge >= 0.3 is 5.97 Å². The molecule has 0 unspecified atom stereocenters. The van der Waals surface area contributed by atoms with Crippen LogP contribution in [-0.4, -0.2) is 41.4 Å². The van der Waals surface area contributed by atoms with Gasteiger partial charge in [0.15, 0.2) is 23.0 Å². The average molecular weight is 492 g/mol. The summed E-state index contributed by atoms with van der Waals surface area (Å²) in [5.41, 5.74) is 3.86. The second kappa shape index (κ2) is 9.81. The summed E-state index contributed by atoms with van der Waals surface area (Å²) in [4.78, 5) is 24.6. The molecule has 36 heavy (non-hydrogen) atoms. The first kappa shape index (κ1) is 24.9. The topological polar surface area (TPSA) is 125 Å². The van der Waals surface area contributed by atoms with Gasteiger partial charge in [-0.1, -0.05) is 12.1 Å². The molecule has 0 atom stereocenters. The van der Waals surface area contributed by atoms with Crippen molar-refractivity contribution in [3.05, 3.63) is 65.2 Å². The molecule has 0 spiro atoms. The van der Waals surface area contributed by atoms with Gasteiger partial charge in [0.2, 0.25) is 5.91 Å². The standard InChI is InChI=1S/C28H29NO7/c1-16-4-7-19(29-27(34)28(10-11-28)18-6-8-22(30)23(31)13-18)14-20(16)21-15-25(36-3)24(35-2)12-17(21)5-9-26(32)33/h4,6-8,12-15,30-31H,5,9-11H2,1-3H3,(H,29,34)(H,32,33). The highest BCUT2D eigenvalue weighted by Gasteiger charge is 2.51. The molecule has 1 aliphatic carbocycles. The molecule has 0 saturated heterocycles. The molecule has 8 heteroatoms. The van der Waals surface area contributed by atoms with Crippen LogP contribution in [0, 0.1) is 6.92 Å². The van der Waals surface area contributed by atoms with Crippen LogP contribution in [-0.2, 0) is 21.4 Å². The molecule has 4 N–H and O–H groups in total. The quantitative estimate of drug-likeness (QED) is 0.318. The van der Waals surface area contributed by atoms with Gasteiger partial charge in [0.05, 0.1) is 19.6 Å². The van der Waals surface area contributed by atoms with Crippen LogP contribution in [0.1, 0.15) is 36.0 Å². The molecule has 8 nitrogen and oxygen atoms in total. The molecule has 188 valence electrons. The van der Waals surface area contributed by atoms with Crippen LogP contribution in [0.15, 0.2) is 48.5 Å². The summed E-state index contributed by atoms with van der Waals surface area (Å²) in [6.45, 7) is 1.94. The molecule has 1 amide bonds. The van der Waals surface area contributed by atoms with E-state index in [1.165, 1.54) is 26.4 Å². The third kappa shape index (κ3) is 4.79. The third-order valence-corrected chi connectivity index (χ3v) is 6.72. The van der Waals surface area contributed by atoms with E-state index in [4.69, 9.17) is 9.47 Å². The van der Waals surface area contributed by atoms with Crippen molar-refractivity contribution in [3.8, 4) is 34.1 Å². The number of benzene rings is 3. The molecule has 0 radical (unpaired) electrons. The highest BCUT2D eigenvalue weighted by Crippen LogP contribution is 2.50. The number of ether oxygens (including phenoxy) is 2. The number of methoxy groups -OCH3 is 2. The van der Waals surface area contributed by atoms with Gasteiger partial charge in [-0.3, -0.25) is 9.59 Å². The molecule has 4 rings (SSSR count). The number of carbonyl (C=O) groups is 2. The molecule has 0 bridgehead atoms. The van der Waals surface area contributed by atoms with Crippen LogP contribution < -0.4 is 14.8 Å². The Kier molecular flexibility index (Phi) is 6.79. The van der Waals surface area contributed by atoms with Crippen LogP contribution in [0.5, 0.6) is 23.0 Å². The highest BCUT2D eigenvalue weighted by molar-refractivity contribution is 6.02. The zero-order valence-electron chi connectivity index (χ0n) is 20.4. The fourth-order valence-electron chi connectivity index (χ4n) is 4.45. The van der Waals surface area contributed by atoms with Crippen LogP contribution >= 0.6 is 0 Å². The number of aryl methyl sites for hydroxylation is 2. The number of amides is 1. The number of rotatable bonds is 9. The van der Waals surface area contributed by atoms with E-state index in [9.17, 15) is 24.9 Å². The van der Waals surface area contributed by atoms with Gasteiger partial charge < -0.3 is 30.1 Å². The summed E-state index contributed by atoms with van der Waals surface area (Å²) in [5.74, 6) is -0.552. The van der Waals surface area contributed by atoms with Crippen molar-refractivity contribution in [1.29, 1.82) is 0 Å². The molecular formula is C28H29NO7. The van der Waals surface area contributed by atoms with E-state index in [-0.39, 0.29) is 23.8 Å². The van der Waals surface area contributed by atoms with E-state index in [0.29, 0.717) is 42.0 Å². The van der Waals surface area contributed by atoms with Crippen molar-refractivity contribution < 1.29 is 34.4 Å². The molecule has 0 aromatic heterocycles. The van der Waals surface area contributed by atoms with Gasteiger partial charge in [-0.2, -0.15) is 0 Å². The minimum atomic E-state index is -0.900. The summed E-state index contributed by atoms with van der Waals surface area (Å²) in [7, 11) is 3.07. The number of aliphatic carboxylic acids is 1. The summed E-state index contributed by atoms with van der Waals surface area (Å²) in [6.07, 6.45) is 1.53. The summed E-state index contributed by atoms with van der Waals surface area (Å²) < 4.78 is 10.9. The maximum atomic E-state index is 13.3. The van der Waals surface area contributed by atoms with Crippen LogP contribution in [0.3, 0.4) is 0 Å². The second-order valence-corrected chi connectivity index (χ2v) is 9.03. The van der Waals surface area contributed by atoms with Gasteiger partial charge in [0.1, 0.15) is 0 Å². The number of carbonyl (C=O) groups excluding carboxylic acids is 1. The SMILES string of the molecule is COc1cc(CCC(=O)O)c(-c2cc(NC(=O)C3(c4ccc(O)c(O)c4)CC3)ccc2C)cc1OC. The number of anilines is 1. The van der Waals surface area contributed by atoms with Crippen molar-refractivity contribution in [3.63, 3.8) is 0 Å². The molecule has 0 aliphatic heterocycles. The van der Waals surface area contributed by atoms with E-state index < -0.39 is 11.4 Å². The van der Waals surface area contributed by atoms with Gasteiger partial charge in [-0.25, -0.2) is 0 Å². The Balaban J connectivity index is 1.69. The number of carboxylic acids is 1. The van der Waals surface area contributed by atoms with Crippen LogP contribution in [0.2, 0.25) is 0 Å². The van der Waals surface area contributed by atoms with Gasteiger partial charge in [-0.15, -0.1) is 0 Å². The number of phenols is 2. The Labute approximate surface area is 209 Å². The second-order valence-electron chi connectivity index (χ2n) is 9.03. The summed E-state index contributed by atoms with van der Waals surface area (Å²) in [5, 5.41) is 31.8. The zero-order chi connectivity index (χ0) is 26.0. The normalized spacial score (nSPS) is 13.6. The number of hydrogen-bond donors (Lipinski definition) is 4. The number of carboxylic acid groups (broad SMARTS) is 1.